The van der Waals surface area contributed by atoms with Gasteiger partial charge < -0.3 is 24.4 Å². The number of ether oxygens (including phenoxy) is 2. The molecular formula is C25H36N2O6. The molecule has 0 aromatic carbocycles. The summed E-state index contributed by atoms with van der Waals surface area (Å²) < 4.78 is 12.1. The Hall–Kier alpha value is -2.19. The highest BCUT2D eigenvalue weighted by Crippen LogP contribution is 2.53. The lowest BCUT2D eigenvalue weighted by Crippen LogP contribution is -2.55. The highest BCUT2D eigenvalue weighted by atomic mass is 16.6. The smallest absolute Gasteiger partial charge is 0.312 e. The number of rotatable bonds is 7. The van der Waals surface area contributed by atoms with E-state index in [0.29, 0.717) is 39.1 Å². The highest BCUT2D eigenvalue weighted by molar-refractivity contribution is 5.99. The summed E-state index contributed by atoms with van der Waals surface area (Å²) in [7, 11) is 0. The van der Waals surface area contributed by atoms with Crippen molar-refractivity contribution >= 4 is 17.8 Å². The molecule has 2 saturated heterocycles. The van der Waals surface area contributed by atoms with Gasteiger partial charge in [0.25, 0.3) is 0 Å². The molecule has 182 valence electrons. The van der Waals surface area contributed by atoms with Crippen LogP contribution in [0.25, 0.3) is 0 Å². The molecule has 4 aliphatic heterocycles. The summed E-state index contributed by atoms with van der Waals surface area (Å²) in [6.07, 6.45) is 12.6. The van der Waals surface area contributed by atoms with Crippen LogP contribution in [0.5, 0.6) is 0 Å². The summed E-state index contributed by atoms with van der Waals surface area (Å²) >= 11 is 0. The quantitative estimate of drug-likeness (QED) is 0.354. The Morgan fingerprint density at radius 3 is 2.73 bits per heavy atom. The summed E-state index contributed by atoms with van der Waals surface area (Å²) in [4.78, 5) is 44.2. The number of aliphatic hydroxyl groups is 1. The minimum absolute atomic E-state index is 0.0239. The predicted octanol–water partition coefficient (Wildman–Crippen LogP) is 1.82. The molecule has 0 bridgehead atoms. The number of unbranched alkanes of at least 4 members (excludes halogenated alkanes) is 2. The zero-order chi connectivity index (χ0) is 23.4. The van der Waals surface area contributed by atoms with Crippen molar-refractivity contribution in [2.24, 2.45) is 11.8 Å². The van der Waals surface area contributed by atoms with Gasteiger partial charge in [-0.2, -0.15) is 0 Å². The van der Waals surface area contributed by atoms with Crippen molar-refractivity contribution in [3.63, 3.8) is 0 Å². The van der Waals surface area contributed by atoms with Gasteiger partial charge in [-0.3, -0.25) is 14.4 Å². The minimum Gasteiger partial charge on any atom is -0.465 e. The van der Waals surface area contributed by atoms with Gasteiger partial charge >= 0.3 is 5.97 Å². The number of carbonyl (C=O) groups is 3. The fourth-order valence-corrected chi connectivity index (χ4v) is 5.65. The van der Waals surface area contributed by atoms with Gasteiger partial charge in [0.1, 0.15) is 17.6 Å². The van der Waals surface area contributed by atoms with Gasteiger partial charge in [-0.05, 0) is 38.5 Å². The maximum Gasteiger partial charge on any atom is 0.312 e. The summed E-state index contributed by atoms with van der Waals surface area (Å²) in [6, 6.07) is -0.817. The van der Waals surface area contributed by atoms with Gasteiger partial charge in [0.05, 0.1) is 18.6 Å². The van der Waals surface area contributed by atoms with Crippen molar-refractivity contribution in [3.05, 3.63) is 24.3 Å². The zero-order valence-electron chi connectivity index (χ0n) is 19.5. The number of amides is 2. The Kier molecular flexibility index (Phi) is 7.54. The molecule has 33 heavy (non-hydrogen) atoms. The third kappa shape index (κ3) is 4.35. The van der Waals surface area contributed by atoms with E-state index >= 15 is 0 Å². The molecule has 4 rings (SSSR count). The van der Waals surface area contributed by atoms with E-state index in [9.17, 15) is 19.5 Å². The molecule has 0 aromatic heterocycles. The Morgan fingerprint density at radius 1 is 1.09 bits per heavy atom. The first-order valence-corrected chi connectivity index (χ1v) is 12.4. The van der Waals surface area contributed by atoms with E-state index in [2.05, 4.69) is 6.92 Å². The molecule has 8 nitrogen and oxygen atoms in total. The number of carbonyl (C=O) groups excluding carboxylic acids is 3. The Morgan fingerprint density at radius 2 is 1.94 bits per heavy atom. The number of hydrogen-bond donors (Lipinski definition) is 1. The van der Waals surface area contributed by atoms with E-state index in [1.54, 1.807) is 9.80 Å². The molecule has 0 aliphatic carbocycles. The molecule has 8 heteroatoms. The largest absolute Gasteiger partial charge is 0.465 e. The van der Waals surface area contributed by atoms with E-state index in [4.69, 9.17) is 9.47 Å². The first kappa shape index (κ1) is 24.0. The van der Waals surface area contributed by atoms with Crippen LogP contribution in [0.15, 0.2) is 24.3 Å². The summed E-state index contributed by atoms with van der Waals surface area (Å²) in [5.74, 6) is -2.37. The average Bonchev–Trinajstić information content (AvgIpc) is 3.19. The van der Waals surface area contributed by atoms with E-state index in [0.717, 1.165) is 32.1 Å². The molecule has 0 aromatic rings. The number of esters is 1. The van der Waals surface area contributed by atoms with Crippen LogP contribution in [-0.4, -0.2) is 83.3 Å². The van der Waals surface area contributed by atoms with Crippen molar-refractivity contribution in [2.75, 3.05) is 32.8 Å². The lowest BCUT2D eigenvalue weighted by Gasteiger charge is -2.35. The molecule has 1 N–H and O–H groups in total. The predicted molar refractivity (Wildman–Crippen MR) is 121 cm³/mol. The number of aliphatic hydroxyl groups excluding tert-OH is 1. The molecule has 4 heterocycles. The summed E-state index contributed by atoms with van der Waals surface area (Å²) in [6.45, 7) is 3.85. The van der Waals surface area contributed by atoms with Crippen LogP contribution in [0.3, 0.4) is 0 Å². The van der Waals surface area contributed by atoms with Crippen molar-refractivity contribution < 1.29 is 29.0 Å². The van der Waals surface area contributed by atoms with Crippen molar-refractivity contribution in [2.45, 2.75) is 69.6 Å². The normalized spacial score (nSPS) is 35.0. The van der Waals surface area contributed by atoms with Gasteiger partial charge in [0.2, 0.25) is 11.8 Å². The monoisotopic (exact) mass is 460 g/mol. The van der Waals surface area contributed by atoms with Gasteiger partial charge in [0.15, 0.2) is 0 Å². The molecule has 4 aliphatic rings. The maximum absolute atomic E-state index is 13.8. The summed E-state index contributed by atoms with van der Waals surface area (Å²) in [5, 5.41) is 9.25. The number of cyclic esters (lactones) is 1. The van der Waals surface area contributed by atoms with Crippen LogP contribution in [0, 0.1) is 11.8 Å². The molecule has 0 radical (unpaired) electrons. The molecule has 2 amide bonds. The fourth-order valence-electron chi connectivity index (χ4n) is 5.65. The second kappa shape index (κ2) is 10.4. The van der Waals surface area contributed by atoms with Crippen LogP contribution in [0.1, 0.15) is 51.9 Å². The molecule has 0 saturated carbocycles. The highest BCUT2D eigenvalue weighted by Gasteiger charge is 2.71. The van der Waals surface area contributed by atoms with Gasteiger partial charge in [0, 0.05) is 26.2 Å². The van der Waals surface area contributed by atoms with E-state index in [1.807, 2.05) is 24.3 Å². The maximum atomic E-state index is 13.8. The van der Waals surface area contributed by atoms with Crippen LogP contribution >= 0.6 is 0 Å². The van der Waals surface area contributed by atoms with E-state index in [-0.39, 0.29) is 18.4 Å². The molecule has 1 unspecified atom stereocenters. The first-order valence-electron chi connectivity index (χ1n) is 12.4. The Balaban J connectivity index is 1.74. The molecule has 2 fully saturated rings. The van der Waals surface area contributed by atoms with E-state index in [1.165, 1.54) is 0 Å². The zero-order valence-corrected chi connectivity index (χ0v) is 19.5. The van der Waals surface area contributed by atoms with Crippen molar-refractivity contribution in [1.29, 1.82) is 0 Å². The lowest BCUT2D eigenvalue weighted by molar-refractivity contribution is -0.155. The third-order valence-corrected chi connectivity index (χ3v) is 7.27. The number of fused-ring (bicyclic) bond motifs is 2. The molecular weight excluding hydrogens is 424 g/mol. The second-order valence-corrected chi connectivity index (χ2v) is 9.44. The number of likely N-dealkylation sites (tertiary alicyclic amines) is 1. The topological polar surface area (TPSA) is 96.4 Å². The van der Waals surface area contributed by atoms with Crippen molar-refractivity contribution in [3.8, 4) is 0 Å². The standard InChI is InChI=1S/C25H36N2O6/c1-2-3-13-26-14-10-12-25-20(22(29)27(15-7-8-16-28)21(25)23(26)30)19-18(33-25)11-6-4-5-9-17-32-24(19)31/h6,10-12,18-21,28H,2-5,7-9,13-17H2,1H3/b11-6-/t18-,19+,20+,21?,25+/m1/s1. The van der Waals surface area contributed by atoms with E-state index < -0.39 is 35.6 Å². The van der Waals surface area contributed by atoms with Gasteiger partial charge in [-0.1, -0.05) is 37.6 Å². The number of allylic oxidation sites excluding steroid dienone is 1. The van der Waals surface area contributed by atoms with Crippen molar-refractivity contribution in [1.82, 2.24) is 9.80 Å². The van der Waals surface area contributed by atoms with Crippen LogP contribution in [0.4, 0.5) is 0 Å². The third-order valence-electron chi connectivity index (χ3n) is 7.27. The Bertz CT molecular complexity index is 811. The lowest BCUT2D eigenvalue weighted by atomic mass is 9.78. The first-order chi connectivity index (χ1) is 16.0. The Labute approximate surface area is 195 Å². The SMILES string of the molecule is CCCCN1CC=C[C@]23O[C@@H]4/C=C\CCCCOC(=O)[C@@H]4[C@H]2C(=O)N(CCCCO)C3C1=O. The molecule has 5 atom stereocenters. The van der Waals surface area contributed by atoms with Crippen LogP contribution in [-0.2, 0) is 23.9 Å². The minimum atomic E-state index is -1.19. The fraction of sp³-hybridized carbons (Fsp3) is 0.720. The van der Waals surface area contributed by atoms with Gasteiger partial charge in [-0.25, -0.2) is 0 Å². The number of nitrogens with zero attached hydrogens (tertiary/aromatic N) is 2. The average molecular weight is 461 g/mol. The van der Waals surface area contributed by atoms with Crippen LogP contribution < -0.4 is 0 Å². The second-order valence-electron chi connectivity index (χ2n) is 9.44. The van der Waals surface area contributed by atoms with Gasteiger partial charge in [-0.15, -0.1) is 0 Å². The van der Waals surface area contributed by atoms with Crippen LogP contribution in [0.2, 0.25) is 0 Å². The summed E-state index contributed by atoms with van der Waals surface area (Å²) in [5.41, 5.74) is -1.19. The molecule has 1 spiro atoms. The number of hydrogen-bond acceptors (Lipinski definition) is 6.